The molecule has 2 N–H and O–H groups in total. The molecule has 8 nitrogen and oxygen atoms in total. The molecule has 4 atom stereocenters. The Morgan fingerprint density at radius 2 is 1.21 bits per heavy atom. The van der Waals surface area contributed by atoms with E-state index in [0.29, 0.717) is 21.8 Å². The number of rotatable bonds is 12. The van der Waals surface area contributed by atoms with E-state index in [1.807, 2.05) is 60.7 Å². The Labute approximate surface area is 241 Å². The molecule has 5 rings (SSSR count). The summed E-state index contributed by atoms with van der Waals surface area (Å²) in [6, 6.07) is 19.4. The van der Waals surface area contributed by atoms with Crippen LogP contribution in [0.2, 0.25) is 0 Å². The number of nitrogens with zero attached hydrogens (tertiary/aromatic N) is 2. The molecule has 0 spiro atoms. The third-order valence-electron chi connectivity index (χ3n) is 6.56. The topological polar surface area (TPSA) is 102 Å². The molecular formula is C28H32N4O4S3. The van der Waals surface area contributed by atoms with Crippen LogP contribution in [0.25, 0.3) is 0 Å². The van der Waals surface area contributed by atoms with Crippen LogP contribution in [-0.4, -0.2) is 60.5 Å². The van der Waals surface area contributed by atoms with Crippen LogP contribution in [-0.2, 0) is 19.1 Å². The predicted octanol–water partition coefficient (Wildman–Crippen LogP) is 4.80. The first-order valence-electron chi connectivity index (χ1n) is 13.2. The van der Waals surface area contributed by atoms with Gasteiger partial charge in [-0.3, -0.25) is 9.59 Å². The van der Waals surface area contributed by atoms with E-state index in [1.54, 1.807) is 0 Å². The number of ether oxygens (including phenoxy) is 2. The van der Waals surface area contributed by atoms with Crippen LogP contribution in [0.1, 0.15) is 47.3 Å². The normalized spacial score (nSPS) is 20.4. The third kappa shape index (κ3) is 8.04. The van der Waals surface area contributed by atoms with Crippen LogP contribution >= 0.6 is 34.9 Å². The zero-order valence-electron chi connectivity index (χ0n) is 21.5. The SMILES string of the molecule is O=C(NC[C@H]1CCCO1)[C@H](Sc1nnc(S[C@@H](C(=O)NC[C@@H]2CCCO2)c2ccccc2)s1)c1ccccc1. The Hall–Kier alpha value is -2.44. The maximum Gasteiger partial charge on any atom is 0.238 e. The summed E-state index contributed by atoms with van der Waals surface area (Å²) in [6.07, 6.45) is 4.12. The summed E-state index contributed by atoms with van der Waals surface area (Å²) in [5.74, 6) is -0.163. The van der Waals surface area contributed by atoms with E-state index in [0.717, 1.165) is 50.0 Å². The number of benzene rings is 2. The quantitative estimate of drug-likeness (QED) is 0.293. The molecule has 0 radical (unpaired) electrons. The van der Waals surface area contributed by atoms with Crippen molar-refractivity contribution >= 4 is 46.7 Å². The number of carbonyl (C=O) groups is 2. The second kappa shape index (κ2) is 14.3. The van der Waals surface area contributed by atoms with Gasteiger partial charge < -0.3 is 20.1 Å². The molecule has 2 aliphatic heterocycles. The molecule has 2 amide bonds. The predicted molar refractivity (Wildman–Crippen MR) is 154 cm³/mol. The number of hydrogen-bond acceptors (Lipinski definition) is 9. The summed E-state index contributed by atoms with van der Waals surface area (Å²) in [7, 11) is 0. The summed E-state index contributed by atoms with van der Waals surface area (Å²) >= 11 is 4.14. The van der Waals surface area contributed by atoms with Gasteiger partial charge in [-0.15, -0.1) is 10.2 Å². The van der Waals surface area contributed by atoms with Crippen LogP contribution < -0.4 is 10.6 Å². The summed E-state index contributed by atoms with van der Waals surface area (Å²) in [4.78, 5) is 26.5. The van der Waals surface area contributed by atoms with E-state index in [1.165, 1.54) is 34.9 Å². The molecule has 11 heteroatoms. The van der Waals surface area contributed by atoms with Crippen LogP contribution in [0.3, 0.4) is 0 Å². The molecular weight excluding hydrogens is 553 g/mol. The van der Waals surface area contributed by atoms with Gasteiger partial charge in [-0.05, 0) is 36.8 Å². The Morgan fingerprint density at radius 3 is 1.59 bits per heavy atom. The van der Waals surface area contributed by atoms with E-state index in [9.17, 15) is 9.59 Å². The van der Waals surface area contributed by atoms with Crippen molar-refractivity contribution in [3.8, 4) is 0 Å². The van der Waals surface area contributed by atoms with Crippen LogP contribution in [0.4, 0.5) is 0 Å². The van der Waals surface area contributed by atoms with Gasteiger partial charge in [0.1, 0.15) is 10.5 Å². The number of amides is 2. The van der Waals surface area contributed by atoms with Crippen LogP contribution in [0.5, 0.6) is 0 Å². The highest BCUT2D eigenvalue weighted by molar-refractivity contribution is 8.04. The molecule has 2 aliphatic rings. The number of thioether (sulfide) groups is 2. The molecule has 2 aromatic carbocycles. The van der Waals surface area contributed by atoms with E-state index in [2.05, 4.69) is 20.8 Å². The highest BCUT2D eigenvalue weighted by atomic mass is 32.2. The molecule has 3 heterocycles. The van der Waals surface area contributed by atoms with Gasteiger partial charge in [0.2, 0.25) is 11.8 Å². The maximum atomic E-state index is 13.2. The molecule has 0 aliphatic carbocycles. The average molecular weight is 585 g/mol. The van der Waals surface area contributed by atoms with Crippen molar-refractivity contribution < 1.29 is 19.1 Å². The molecule has 39 heavy (non-hydrogen) atoms. The lowest BCUT2D eigenvalue weighted by atomic mass is 10.1. The van der Waals surface area contributed by atoms with Gasteiger partial charge in [-0.25, -0.2) is 0 Å². The number of nitrogens with one attached hydrogen (secondary N) is 2. The van der Waals surface area contributed by atoms with E-state index in [-0.39, 0.29) is 24.0 Å². The van der Waals surface area contributed by atoms with Crippen molar-refractivity contribution in [1.82, 2.24) is 20.8 Å². The monoisotopic (exact) mass is 584 g/mol. The fourth-order valence-electron chi connectivity index (χ4n) is 4.52. The minimum absolute atomic E-state index is 0.0706. The lowest BCUT2D eigenvalue weighted by Crippen LogP contribution is -2.34. The van der Waals surface area contributed by atoms with Crippen molar-refractivity contribution in [2.45, 2.75) is 57.1 Å². The van der Waals surface area contributed by atoms with E-state index < -0.39 is 10.5 Å². The number of aromatic nitrogens is 2. The zero-order chi connectivity index (χ0) is 26.9. The minimum Gasteiger partial charge on any atom is -0.376 e. The van der Waals surface area contributed by atoms with Crippen molar-refractivity contribution in [2.75, 3.05) is 26.3 Å². The second-order valence-corrected chi connectivity index (χ2v) is 13.1. The van der Waals surface area contributed by atoms with Crippen molar-refractivity contribution in [1.29, 1.82) is 0 Å². The van der Waals surface area contributed by atoms with Gasteiger partial charge in [0.25, 0.3) is 0 Å². The minimum atomic E-state index is -0.474. The van der Waals surface area contributed by atoms with Gasteiger partial charge >= 0.3 is 0 Å². The Bertz CT molecular complexity index is 1110. The van der Waals surface area contributed by atoms with Gasteiger partial charge in [0, 0.05) is 26.3 Å². The first-order chi connectivity index (χ1) is 19.2. The first kappa shape index (κ1) is 28.1. The average Bonchev–Trinajstić information content (AvgIpc) is 3.77. The lowest BCUT2D eigenvalue weighted by molar-refractivity contribution is -0.122. The standard InChI is InChI=1S/C28H32N4O4S3/c33-25(29-17-21-13-7-15-35-21)23(19-9-3-1-4-10-19)37-27-31-32-28(39-27)38-24(20-11-5-2-6-12-20)26(34)30-18-22-14-8-16-36-22/h1-6,9-12,21-24H,7-8,13-18H2,(H,29,33)(H,30,34)/t21-,22+,23-,24-/m1/s1. The maximum absolute atomic E-state index is 13.2. The summed E-state index contributed by atoms with van der Waals surface area (Å²) in [5, 5.41) is 13.9. The van der Waals surface area contributed by atoms with Gasteiger partial charge in [0.15, 0.2) is 8.68 Å². The zero-order valence-corrected chi connectivity index (χ0v) is 23.9. The Balaban J connectivity index is 1.26. The molecule has 0 unspecified atom stereocenters. The highest BCUT2D eigenvalue weighted by Crippen LogP contribution is 2.42. The van der Waals surface area contributed by atoms with Gasteiger partial charge in [-0.1, -0.05) is 95.5 Å². The summed E-state index contributed by atoms with van der Waals surface area (Å²) < 4.78 is 12.7. The van der Waals surface area contributed by atoms with E-state index >= 15 is 0 Å². The van der Waals surface area contributed by atoms with E-state index in [4.69, 9.17) is 9.47 Å². The fraction of sp³-hybridized carbons (Fsp3) is 0.429. The number of carbonyl (C=O) groups excluding carboxylic acids is 2. The van der Waals surface area contributed by atoms with Crippen LogP contribution in [0.15, 0.2) is 69.3 Å². The number of hydrogen-bond donors (Lipinski definition) is 2. The molecule has 206 valence electrons. The molecule has 0 saturated carbocycles. The third-order valence-corrected chi connectivity index (χ3v) is 10.2. The van der Waals surface area contributed by atoms with Crippen molar-refractivity contribution in [3.63, 3.8) is 0 Å². The van der Waals surface area contributed by atoms with Crippen molar-refractivity contribution in [3.05, 3.63) is 71.8 Å². The largest absolute Gasteiger partial charge is 0.376 e. The molecule has 2 fully saturated rings. The van der Waals surface area contributed by atoms with Crippen LogP contribution in [0, 0.1) is 0 Å². The Kier molecular flexibility index (Phi) is 10.3. The summed E-state index contributed by atoms with van der Waals surface area (Å²) in [6.45, 7) is 2.50. The second-order valence-electron chi connectivity index (χ2n) is 9.41. The smallest absolute Gasteiger partial charge is 0.238 e. The fourth-order valence-corrected chi connectivity index (χ4v) is 7.97. The first-order valence-corrected chi connectivity index (χ1v) is 15.8. The molecule has 2 saturated heterocycles. The van der Waals surface area contributed by atoms with Gasteiger partial charge in [-0.2, -0.15) is 0 Å². The van der Waals surface area contributed by atoms with Crippen molar-refractivity contribution in [2.24, 2.45) is 0 Å². The van der Waals surface area contributed by atoms with Gasteiger partial charge in [0.05, 0.1) is 12.2 Å². The highest BCUT2D eigenvalue weighted by Gasteiger charge is 2.28. The molecule has 3 aromatic rings. The molecule has 1 aromatic heterocycles. The Morgan fingerprint density at radius 1 is 0.769 bits per heavy atom. The summed E-state index contributed by atoms with van der Waals surface area (Å²) in [5.41, 5.74) is 1.79. The molecule has 0 bridgehead atoms. The lowest BCUT2D eigenvalue weighted by Gasteiger charge is -2.18.